The number of nitrogens with zero attached hydrogens (tertiary/aromatic N) is 5. The SMILES string of the molecule is O=[N+]([O-])c1cc(F)c(N2CCC(n3ccnn3)C2)c(F)c1. The van der Waals surface area contributed by atoms with Crippen molar-refractivity contribution in [1.82, 2.24) is 15.0 Å². The number of hydrogen-bond donors (Lipinski definition) is 0. The van der Waals surface area contributed by atoms with Gasteiger partial charge in [-0.15, -0.1) is 5.10 Å². The number of hydrogen-bond acceptors (Lipinski definition) is 5. The van der Waals surface area contributed by atoms with E-state index in [4.69, 9.17) is 0 Å². The van der Waals surface area contributed by atoms with Crippen LogP contribution in [0, 0.1) is 21.7 Å². The maximum absolute atomic E-state index is 14.0. The van der Waals surface area contributed by atoms with Crippen LogP contribution in [0.2, 0.25) is 0 Å². The van der Waals surface area contributed by atoms with Gasteiger partial charge in [0.25, 0.3) is 5.69 Å². The highest BCUT2D eigenvalue weighted by atomic mass is 19.1. The van der Waals surface area contributed by atoms with Gasteiger partial charge in [0.05, 0.1) is 29.3 Å². The maximum atomic E-state index is 14.0. The Hall–Kier alpha value is -2.58. The summed E-state index contributed by atoms with van der Waals surface area (Å²) in [6.45, 7) is 0.811. The Bertz CT molecular complexity index is 653. The summed E-state index contributed by atoms with van der Waals surface area (Å²) in [5.41, 5.74) is -0.830. The van der Waals surface area contributed by atoms with Crippen LogP contribution < -0.4 is 4.90 Å². The van der Waals surface area contributed by atoms with Gasteiger partial charge in [-0.05, 0) is 6.42 Å². The largest absolute Gasteiger partial charge is 0.365 e. The fourth-order valence-electron chi connectivity index (χ4n) is 2.53. The van der Waals surface area contributed by atoms with Gasteiger partial charge in [0, 0.05) is 19.3 Å². The smallest absolute Gasteiger partial charge is 0.275 e. The lowest BCUT2D eigenvalue weighted by molar-refractivity contribution is -0.385. The number of rotatable bonds is 3. The minimum atomic E-state index is -0.930. The van der Waals surface area contributed by atoms with E-state index in [9.17, 15) is 18.9 Å². The Morgan fingerprint density at radius 2 is 2.05 bits per heavy atom. The van der Waals surface area contributed by atoms with Crippen molar-refractivity contribution in [2.45, 2.75) is 12.5 Å². The molecule has 2 heterocycles. The van der Waals surface area contributed by atoms with Crippen LogP contribution in [0.5, 0.6) is 0 Å². The van der Waals surface area contributed by atoms with Gasteiger partial charge in [0.15, 0.2) is 11.6 Å². The fourth-order valence-corrected chi connectivity index (χ4v) is 2.53. The molecule has 0 N–H and O–H groups in total. The Morgan fingerprint density at radius 1 is 1.33 bits per heavy atom. The number of anilines is 1. The molecule has 21 heavy (non-hydrogen) atoms. The summed E-state index contributed by atoms with van der Waals surface area (Å²) in [7, 11) is 0. The molecule has 2 aromatic rings. The van der Waals surface area contributed by atoms with Gasteiger partial charge in [0.1, 0.15) is 5.69 Å². The second kappa shape index (κ2) is 5.08. The lowest BCUT2D eigenvalue weighted by atomic mass is 10.2. The van der Waals surface area contributed by atoms with Crippen LogP contribution in [-0.4, -0.2) is 33.0 Å². The predicted molar refractivity (Wildman–Crippen MR) is 68.9 cm³/mol. The number of nitro groups is 1. The van der Waals surface area contributed by atoms with Crippen LogP contribution in [0.1, 0.15) is 12.5 Å². The normalized spacial score (nSPS) is 18.2. The number of nitro benzene ring substituents is 1. The molecule has 0 radical (unpaired) electrons. The fraction of sp³-hybridized carbons (Fsp3) is 0.333. The number of non-ortho nitro benzene ring substituents is 1. The molecule has 1 aliphatic rings. The maximum Gasteiger partial charge on any atom is 0.275 e. The third-order valence-electron chi connectivity index (χ3n) is 3.51. The molecule has 110 valence electrons. The van der Waals surface area contributed by atoms with Crippen molar-refractivity contribution in [3.05, 3.63) is 46.3 Å². The van der Waals surface area contributed by atoms with Crippen molar-refractivity contribution in [2.24, 2.45) is 0 Å². The molecule has 1 unspecified atom stereocenters. The summed E-state index contributed by atoms with van der Waals surface area (Å²) in [6, 6.07) is 1.45. The molecule has 1 atom stereocenters. The first-order valence-electron chi connectivity index (χ1n) is 6.30. The zero-order valence-electron chi connectivity index (χ0n) is 10.8. The lowest BCUT2D eigenvalue weighted by Gasteiger charge is -2.19. The van der Waals surface area contributed by atoms with Crippen molar-refractivity contribution in [3.63, 3.8) is 0 Å². The molecule has 1 aliphatic heterocycles. The highest BCUT2D eigenvalue weighted by Crippen LogP contribution is 2.32. The summed E-state index contributed by atoms with van der Waals surface area (Å²) in [5, 5.41) is 18.2. The molecule has 7 nitrogen and oxygen atoms in total. The summed E-state index contributed by atoms with van der Waals surface area (Å²) < 4.78 is 29.6. The Morgan fingerprint density at radius 3 is 2.62 bits per heavy atom. The minimum absolute atomic E-state index is 0.0264. The van der Waals surface area contributed by atoms with E-state index in [2.05, 4.69) is 10.3 Å². The van der Waals surface area contributed by atoms with E-state index in [-0.39, 0.29) is 11.7 Å². The first-order chi connectivity index (χ1) is 10.1. The van der Waals surface area contributed by atoms with Gasteiger partial charge < -0.3 is 4.90 Å². The van der Waals surface area contributed by atoms with E-state index >= 15 is 0 Å². The van der Waals surface area contributed by atoms with E-state index in [1.807, 2.05) is 0 Å². The molecule has 0 spiro atoms. The lowest BCUT2D eigenvalue weighted by Crippen LogP contribution is -2.23. The van der Waals surface area contributed by atoms with Gasteiger partial charge in [-0.3, -0.25) is 10.1 Å². The second-order valence-electron chi connectivity index (χ2n) is 4.79. The molecule has 3 rings (SSSR count). The molecule has 1 saturated heterocycles. The minimum Gasteiger partial charge on any atom is -0.365 e. The van der Waals surface area contributed by atoms with Crippen LogP contribution >= 0.6 is 0 Å². The van der Waals surface area contributed by atoms with Crippen molar-refractivity contribution < 1.29 is 13.7 Å². The summed E-state index contributed by atoms with van der Waals surface area (Å²) in [6.07, 6.45) is 3.89. The van der Waals surface area contributed by atoms with E-state index in [1.54, 1.807) is 10.9 Å². The van der Waals surface area contributed by atoms with Gasteiger partial charge >= 0.3 is 0 Å². The molecule has 0 saturated carbocycles. The van der Waals surface area contributed by atoms with E-state index < -0.39 is 22.2 Å². The predicted octanol–water partition coefficient (Wildman–Crippen LogP) is 1.92. The molecular weight excluding hydrogens is 284 g/mol. The van der Waals surface area contributed by atoms with Crippen LogP contribution in [-0.2, 0) is 0 Å². The Kier molecular flexibility index (Phi) is 3.24. The van der Waals surface area contributed by atoms with Crippen molar-refractivity contribution in [1.29, 1.82) is 0 Å². The quantitative estimate of drug-likeness (QED) is 0.638. The van der Waals surface area contributed by atoms with Gasteiger partial charge in [-0.2, -0.15) is 0 Å². The first-order valence-corrected chi connectivity index (χ1v) is 6.30. The third-order valence-corrected chi connectivity index (χ3v) is 3.51. The van der Waals surface area contributed by atoms with Crippen molar-refractivity contribution in [2.75, 3.05) is 18.0 Å². The monoisotopic (exact) mass is 295 g/mol. The van der Waals surface area contributed by atoms with Crippen molar-refractivity contribution >= 4 is 11.4 Å². The summed E-state index contributed by atoms with van der Waals surface area (Å²) in [5.74, 6) is -1.86. The molecule has 0 amide bonds. The Labute approximate surface area is 117 Å². The summed E-state index contributed by atoms with van der Waals surface area (Å²) in [4.78, 5) is 11.3. The zero-order chi connectivity index (χ0) is 15.0. The van der Waals surface area contributed by atoms with Gasteiger partial charge in [0.2, 0.25) is 0 Å². The van der Waals surface area contributed by atoms with Gasteiger partial charge in [-0.25, -0.2) is 13.5 Å². The van der Waals surface area contributed by atoms with Crippen LogP contribution in [0.3, 0.4) is 0 Å². The van der Waals surface area contributed by atoms with E-state index in [0.717, 1.165) is 12.1 Å². The third kappa shape index (κ3) is 2.41. The molecular formula is C12H11F2N5O2. The zero-order valence-corrected chi connectivity index (χ0v) is 10.8. The standard InChI is InChI=1S/C12H11F2N5O2/c13-10-5-9(19(20)21)6-11(14)12(10)17-3-1-8(7-17)18-4-2-15-16-18/h2,4-6,8H,1,3,7H2. The van der Waals surface area contributed by atoms with Crippen LogP contribution in [0.4, 0.5) is 20.2 Å². The van der Waals surface area contributed by atoms with E-state index in [0.29, 0.717) is 19.5 Å². The molecule has 0 aliphatic carbocycles. The average molecular weight is 295 g/mol. The highest BCUT2D eigenvalue weighted by molar-refractivity contribution is 5.54. The topological polar surface area (TPSA) is 77.1 Å². The molecule has 1 fully saturated rings. The Balaban J connectivity index is 1.87. The molecule has 1 aromatic heterocycles. The van der Waals surface area contributed by atoms with Crippen molar-refractivity contribution in [3.8, 4) is 0 Å². The average Bonchev–Trinajstić information content (AvgIpc) is 3.08. The summed E-state index contributed by atoms with van der Waals surface area (Å²) >= 11 is 0. The van der Waals surface area contributed by atoms with E-state index in [1.165, 1.54) is 11.1 Å². The van der Waals surface area contributed by atoms with Gasteiger partial charge in [-0.1, -0.05) is 5.21 Å². The van der Waals surface area contributed by atoms with Crippen LogP contribution in [0.15, 0.2) is 24.5 Å². The highest BCUT2D eigenvalue weighted by Gasteiger charge is 2.29. The van der Waals surface area contributed by atoms with Crippen LogP contribution in [0.25, 0.3) is 0 Å². The number of aromatic nitrogens is 3. The number of halogens is 2. The number of benzene rings is 1. The first kappa shape index (κ1) is 13.4. The molecule has 9 heteroatoms. The molecule has 0 bridgehead atoms. The second-order valence-corrected chi connectivity index (χ2v) is 4.79. The molecule has 1 aromatic carbocycles.